The predicted octanol–water partition coefficient (Wildman–Crippen LogP) is 4.20. The van der Waals surface area contributed by atoms with E-state index in [2.05, 4.69) is 64.4 Å². The van der Waals surface area contributed by atoms with Crippen molar-refractivity contribution in [2.45, 2.75) is 37.8 Å². The number of aromatic nitrogens is 2. The molecular formula is C24H27FN4O. The number of hydrogen-bond donors (Lipinski definition) is 0. The van der Waals surface area contributed by atoms with E-state index >= 15 is 0 Å². The van der Waals surface area contributed by atoms with Crippen LogP contribution in [-0.4, -0.2) is 53.2 Å². The lowest BCUT2D eigenvalue weighted by Crippen LogP contribution is -2.35. The molecule has 0 amide bonds. The average Bonchev–Trinajstić information content (AvgIpc) is 3.46. The molecule has 1 aliphatic carbocycles. The SMILES string of the molecule is Cc1nnc(-c2ccc(C3CN(C4CCc5cccc(F)c54)CC3N(C)C)cc2)o1. The van der Waals surface area contributed by atoms with Crippen molar-refractivity contribution in [1.82, 2.24) is 20.0 Å². The average molecular weight is 407 g/mol. The van der Waals surface area contributed by atoms with E-state index in [0.29, 0.717) is 23.7 Å². The van der Waals surface area contributed by atoms with Gasteiger partial charge in [0.15, 0.2) is 0 Å². The van der Waals surface area contributed by atoms with Crippen LogP contribution < -0.4 is 0 Å². The quantitative estimate of drug-likeness (QED) is 0.650. The molecule has 1 aliphatic heterocycles. The van der Waals surface area contributed by atoms with Crippen LogP contribution in [0.15, 0.2) is 46.9 Å². The van der Waals surface area contributed by atoms with Crippen LogP contribution in [0.4, 0.5) is 4.39 Å². The molecule has 30 heavy (non-hydrogen) atoms. The molecule has 0 saturated carbocycles. The standard InChI is InChI=1S/C24H27FN4O/c1-15-26-27-24(30-15)18-9-7-16(8-10-18)19-13-29(14-22(19)28(2)3)21-12-11-17-5-4-6-20(25)23(17)21/h4-10,19,21-22H,11-14H2,1-3H3. The van der Waals surface area contributed by atoms with E-state index in [0.717, 1.165) is 37.1 Å². The summed E-state index contributed by atoms with van der Waals surface area (Å²) in [5, 5.41) is 8.03. The molecule has 3 unspecified atom stereocenters. The van der Waals surface area contributed by atoms with Crippen molar-refractivity contribution in [3.63, 3.8) is 0 Å². The minimum atomic E-state index is -0.0564. The molecule has 5 nitrogen and oxygen atoms in total. The normalized spacial score (nSPS) is 24.0. The van der Waals surface area contributed by atoms with Crippen molar-refractivity contribution in [3.8, 4) is 11.5 Å². The van der Waals surface area contributed by atoms with Gasteiger partial charge >= 0.3 is 0 Å². The highest BCUT2D eigenvalue weighted by Gasteiger charge is 2.41. The van der Waals surface area contributed by atoms with Gasteiger partial charge in [-0.2, -0.15) is 0 Å². The zero-order valence-electron chi connectivity index (χ0n) is 17.7. The second-order valence-corrected chi connectivity index (χ2v) is 8.71. The van der Waals surface area contributed by atoms with Crippen molar-refractivity contribution in [3.05, 3.63) is 70.9 Å². The van der Waals surface area contributed by atoms with E-state index in [1.807, 2.05) is 6.07 Å². The minimum Gasteiger partial charge on any atom is -0.421 e. The van der Waals surface area contributed by atoms with Gasteiger partial charge in [-0.15, -0.1) is 10.2 Å². The lowest BCUT2D eigenvalue weighted by Gasteiger charge is -2.26. The number of likely N-dealkylation sites (tertiary alicyclic amines) is 1. The van der Waals surface area contributed by atoms with Crippen LogP contribution >= 0.6 is 0 Å². The lowest BCUT2D eigenvalue weighted by molar-refractivity contribution is 0.213. The topological polar surface area (TPSA) is 45.4 Å². The molecule has 5 rings (SSSR count). The Labute approximate surface area is 176 Å². The Morgan fingerprint density at radius 2 is 1.87 bits per heavy atom. The number of rotatable bonds is 4. The van der Waals surface area contributed by atoms with Gasteiger partial charge in [-0.25, -0.2) is 4.39 Å². The third-order valence-electron chi connectivity index (χ3n) is 6.70. The van der Waals surface area contributed by atoms with Crippen LogP contribution in [0, 0.1) is 12.7 Å². The molecule has 2 heterocycles. The van der Waals surface area contributed by atoms with Gasteiger partial charge in [0, 0.05) is 49.1 Å². The largest absolute Gasteiger partial charge is 0.421 e. The summed E-state index contributed by atoms with van der Waals surface area (Å²) in [4.78, 5) is 4.79. The van der Waals surface area contributed by atoms with Crippen molar-refractivity contribution in [2.24, 2.45) is 0 Å². The summed E-state index contributed by atoms with van der Waals surface area (Å²) in [6.45, 7) is 3.67. The first kappa shape index (κ1) is 19.4. The van der Waals surface area contributed by atoms with E-state index in [-0.39, 0.29) is 11.9 Å². The smallest absolute Gasteiger partial charge is 0.247 e. The first-order valence-electron chi connectivity index (χ1n) is 10.6. The second-order valence-electron chi connectivity index (χ2n) is 8.71. The molecule has 1 fully saturated rings. The number of hydrogen-bond acceptors (Lipinski definition) is 5. The lowest BCUT2D eigenvalue weighted by atomic mass is 9.93. The van der Waals surface area contributed by atoms with Crippen LogP contribution in [0.1, 0.15) is 41.0 Å². The van der Waals surface area contributed by atoms with Crippen molar-refractivity contribution < 1.29 is 8.81 Å². The molecular weight excluding hydrogens is 379 g/mol. The summed E-state index contributed by atoms with van der Waals surface area (Å²) in [6, 6.07) is 14.5. The first-order valence-corrected chi connectivity index (χ1v) is 10.6. The summed E-state index contributed by atoms with van der Waals surface area (Å²) in [5.74, 6) is 1.43. The van der Waals surface area contributed by atoms with E-state index in [9.17, 15) is 4.39 Å². The van der Waals surface area contributed by atoms with Crippen molar-refractivity contribution in [2.75, 3.05) is 27.2 Å². The number of aryl methyl sites for hydroxylation is 2. The maximum atomic E-state index is 14.6. The first-order chi connectivity index (χ1) is 14.5. The Kier molecular flexibility index (Phi) is 4.91. The maximum absolute atomic E-state index is 14.6. The maximum Gasteiger partial charge on any atom is 0.247 e. The molecule has 1 saturated heterocycles. The van der Waals surface area contributed by atoms with E-state index in [1.165, 1.54) is 11.1 Å². The van der Waals surface area contributed by atoms with Crippen molar-refractivity contribution >= 4 is 0 Å². The fourth-order valence-electron chi connectivity index (χ4n) is 5.18. The fraction of sp³-hybridized carbons (Fsp3) is 0.417. The Morgan fingerprint density at radius 3 is 2.57 bits per heavy atom. The highest BCUT2D eigenvalue weighted by atomic mass is 19.1. The molecule has 3 aromatic rings. The minimum absolute atomic E-state index is 0.0564. The Balaban J connectivity index is 1.41. The Morgan fingerprint density at radius 1 is 1.07 bits per heavy atom. The summed E-state index contributed by atoms with van der Waals surface area (Å²) in [7, 11) is 4.28. The summed E-state index contributed by atoms with van der Waals surface area (Å²) < 4.78 is 20.2. The van der Waals surface area contributed by atoms with Gasteiger partial charge in [0.1, 0.15) is 5.82 Å². The molecule has 0 spiro atoms. The zero-order valence-corrected chi connectivity index (χ0v) is 17.7. The number of benzene rings is 2. The summed E-state index contributed by atoms with van der Waals surface area (Å²) >= 11 is 0. The summed E-state index contributed by atoms with van der Waals surface area (Å²) in [6.07, 6.45) is 1.96. The third kappa shape index (κ3) is 3.34. The van der Waals surface area contributed by atoms with Gasteiger partial charge in [0.25, 0.3) is 0 Å². The molecule has 156 valence electrons. The molecule has 6 heteroatoms. The van der Waals surface area contributed by atoms with Gasteiger partial charge in [0.05, 0.1) is 0 Å². The third-order valence-corrected chi connectivity index (χ3v) is 6.70. The van der Waals surface area contributed by atoms with Crippen LogP contribution in [0.2, 0.25) is 0 Å². The fourth-order valence-corrected chi connectivity index (χ4v) is 5.18. The number of halogens is 1. The number of likely N-dealkylation sites (N-methyl/N-ethyl adjacent to an activating group) is 1. The molecule has 1 aromatic heterocycles. The van der Waals surface area contributed by atoms with Gasteiger partial charge in [0.2, 0.25) is 11.8 Å². The van der Waals surface area contributed by atoms with Crippen molar-refractivity contribution in [1.29, 1.82) is 0 Å². The molecule has 2 aliphatic rings. The summed E-state index contributed by atoms with van der Waals surface area (Å²) in [5.41, 5.74) is 4.31. The predicted molar refractivity (Wildman–Crippen MR) is 114 cm³/mol. The van der Waals surface area contributed by atoms with Crippen LogP contribution in [0.25, 0.3) is 11.5 Å². The molecule has 3 atom stereocenters. The van der Waals surface area contributed by atoms with E-state index < -0.39 is 0 Å². The van der Waals surface area contributed by atoms with Gasteiger partial charge in [-0.05, 0) is 56.3 Å². The van der Waals surface area contributed by atoms with Crippen LogP contribution in [0.5, 0.6) is 0 Å². The monoisotopic (exact) mass is 406 g/mol. The molecule has 0 radical (unpaired) electrons. The highest BCUT2D eigenvalue weighted by molar-refractivity contribution is 5.53. The van der Waals surface area contributed by atoms with Gasteiger partial charge in [-0.3, -0.25) is 4.90 Å². The van der Waals surface area contributed by atoms with E-state index in [4.69, 9.17) is 4.42 Å². The number of fused-ring (bicyclic) bond motifs is 1. The van der Waals surface area contributed by atoms with Crippen LogP contribution in [-0.2, 0) is 6.42 Å². The number of nitrogens with zero attached hydrogens (tertiary/aromatic N) is 4. The second kappa shape index (κ2) is 7.60. The van der Waals surface area contributed by atoms with Crippen LogP contribution in [0.3, 0.4) is 0 Å². The zero-order chi connectivity index (χ0) is 20.8. The molecule has 2 aromatic carbocycles. The molecule has 0 bridgehead atoms. The van der Waals surface area contributed by atoms with Gasteiger partial charge in [-0.1, -0.05) is 24.3 Å². The highest BCUT2D eigenvalue weighted by Crippen LogP contribution is 2.42. The van der Waals surface area contributed by atoms with E-state index in [1.54, 1.807) is 13.0 Å². The van der Waals surface area contributed by atoms with Gasteiger partial charge < -0.3 is 9.32 Å². The Bertz CT molecular complexity index is 1050. The Hall–Kier alpha value is -2.57. The molecule has 0 N–H and O–H groups in total.